The molecular formula is C19H25BrN2O4. The van der Waals surface area contributed by atoms with E-state index in [0.717, 1.165) is 15.8 Å². The van der Waals surface area contributed by atoms with Gasteiger partial charge in [0.2, 0.25) is 0 Å². The molecule has 6 nitrogen and oxygen atoms in total. The van der Waals surface area contributed by atoms with Crippen molar-refractivity contribution < 1.29 is 18.7 Å². The Labute approximate surface area is 162 Å². The first kappa shape index (κ1) is 20.3. The molecule has 2 N–H and O–H groups in total. The SMILES string of the molecule is COc1cc(CNCc2ccco2)c(Br)cc1OCC(=O)NC(C)(C)C. The highest BCUT2D eigenvalue weighted by Crippen LogP contribution is 2.33. The minimum Gasteiger partial charge on any atom is -0.493 e. The van der Waals surface area contributed by atoms with Crippen molar-refractivity contribution in [2.45, 2.75) is 39.4 Å². The van der Waals surface area contributed by atoms with Crippen molar-refractivity contribution >= 4 is 21.8 Å². The predicted molar refractivity (Wildman–Crippen MR) is 103 cm³/mol. The van der Waals surface area contributed by atoms with Crippen molar-refractivity contribution in [3.8, 4) is 11.5 Å². The number of carbonyl (C=O) groups is 1. The van der Waals surface area contributed by atoms with E-state index in [-0.39, 0.29) is 18.1 Å². The fourth-order valence-corrected chi connectivity index (χ4v) is 2.78. The zero-order valence-electron chi connectivity index (χ0n) is 15.5. The molecule has 7 heteroatoms. The van der Waals surface area contributed by atoms with E-state index in [4.69, 9.17) is 13.9 Å². The largest absolute Gasteiger partial charge is 0.493 e. The van der Waals surface area contributed by atoms with Crippen molar-refractivity contribution in [1.29, 1.82) is 0 Å². The summed E-state index contributed by atoms with van der Waals surface area (Å²) in [6.07, 6.45) is 1.65. The van der Waals surface area contributed by atoms with Gasteiger partial charge in [0.1, 0.15) is 5.76 Å². The van der Waals surface area contributed by atoms with Gasteiger partial charge < -0.3 is 24.5 Å². The molecule has 0 spiro atoms. The van der Waals surface area contributed by atoms with Crippen LogP contribution in [0.3, 0.4) is 0 Å². The number of halogens is 1. The number of ether oxygens (including phenoxy) is 2. The first-order valence-electron chi connectivity index (χ1n) is 8.32. The van der Waals surface area contributed by atoms with E-state index in [1.807, 2.05) is 45.0 Å². The minimum absolute atomic E-state index is 0.0733. The summed E-state index contributed by atoms with van der Waals surface area (Å²) in [6, 6.07) is 7.48. The zero-order chi connectivity index (χ0) is 19.2. The Balaban J connectivity index is 1.97. The molecule has 1 amide bonds. The molecule has 26 heavy (non-hydrogen) atoms. The lowest BCUT2D eigenvalue weighted by atomic mass is 10.1. The first-order chi connectivity index (χ1) is 12.3. The summed E-state index contributed by atoms with van der Waals surface area (Å²) in [5, 5.41) is 6.17. The normalized spacial score (nSPS) is 11.3. The molecule has 2 rings (SSSR count). The lowest BCUT2D eigenvalue weighted by molar-refractivity contribution is -0.124. The molecule has 0 saturated heterocycles. The Kier molecular flexibility index (Phi) is 7.11. The maximum atomic E-state index is 11.9. The third-order valence-corrected chi connectivity index (χ3v) is 4.14. The number of hydrogen-bond donors (Lipinski definition) is 2. The first-order valence-corrected chi connectivity index (χ1v) is 9.11. The van der Waals surface area contributed by atoms with Crippen LogP contribution in [0.25, 0.3) is 0 Å². The Morgan fingerprint density at radius 2 is 2.00 bits per heavy atom. The van der Waals surface area contributed by atoms with Crippen LogP contribution in [0.1, 0.15) is 32.1 Å². The molecule has 0 unspecified atom stereocenters. The smallest absolute Gasteiger partial charge is 0.258 e. The summed E-state index contributed by atoms with van der Waals surface area (Å²) in [4.78, 5) is 11.9. The molecule has 2 aromatic rings. The molecule has 0 aliphatic carbocycles. The van der Waals surface area contributed by atoms with Crippen LogP contribution in [0.4, 0.5) is 0 Å². The molecule has 0 fully saturated rings. The van der Waals surface area contributed by atoms with Crippen LogP contribution in [0.2, 0.25) is 0 Å². The highest BCUT2D eigenvalue weighted by molar-refractivity contribution is 9.10. The molecular weight excluding hydrogens is 400 g/mol. The number of carbonyl (C=O) groups excluding carboxylic acids is 1. The van der Waals surface area contributed by atoms with Gasteiger partial charge in [-0.1, -0.05) is 15.9 Å². The number of benzene rings is 1. The molecule has 0 radical (unpaired) electrons. The molecule has 0 aliphatic heterocycles. The van der Waals surface area contributed by atoms with Crippen LogP contribution in [0, 0.1) is 0 Å². The van der Waals surface area contributed by atoms with E-state index < -0.39 is 0 Å². The van der Waals surface area contributed by atoms with Crippen LogP contribution >= 0.6 is 15.9 Å². The molecule has 1 heterocycles. The van der Waals surface area contributed by atoms with Gasteiger partial charge in [0, 0.05) is 16.6 Å². The van der Waals surface area contributed by atoms with E-state index in [1.165, 1.54) is 0 Å². The van der Waals surface area contributed by atoms with Crippen LogP contribution < -0.4 is 20.1 Å². The van der Waals surface area contributed by atoms with E-state index in [9.17, 15) is 4.79 Å². The monoisotopic (exact) mass is 424 g/mol. The summed E-state index contributed by atoms with van der Waals surface area (Å²) in [7, 11) is 1.57. The molecule has 0 bridgehead atoms. The second-order valence-electron chi connectivity index (χ2n) is 6.86. The van der Waals surface area contributed by atoms with Crippen LogP contribution in [0.5, 0.6) is 11.5 Å². The van der Waals surface area contributed by atoms with Gasteiger partial charge in [-0.25, -0.2) is 0 Å². The van der Waals surface area contributed by atoms with Gasteiger partial charge in [-0.05, 0) is 50.6 Å². The Hall–Kier alpha value is -1.99. The summed E-state index contributed by atoms with van der Waals surface area (Å²) in [6.45, 7) is 6.96. The molecule has 1 aromatic heterocycles. The quantitative estimate of drug-likeness (QED) is 0.676. The molecule has 142 valence electrons. The van der Waals surface area contributed by atoms with Crippen LogP contribution in [0.15, 0.2) is 39.4 Å². The molecule has 0 saturated carbocycles. The highest BCUT2D eigenvalue weighted by Gasteiger charge is 2.16. The molecule has 0 aliphatic rings. The Morgan fingerprint density at radius 1 is 1.23 bits per heavy atom. The third-order valence-electron chi connectivity index (χ3n) is 3.40. The van der Waals surface area contributed by atoms with Gasteiger partial charge in [-0.15, -0.1) is 0 Å². The number of methoxy groups -OCH3 is 1. The van der Waals surface area contributed by atoms with Crippen LogP contribution in [-0.2, 0) is 17.9 Å². The van der Waals surface area contributed by atoms with Crippen molar-refractivity contribution in [2.75, 3.05) is 13.7 Å². The topological polar surface area (TPSA) is 72.7 Å². The van der Waals surface area contributed by atoms with Gasteiger partial charge in [0.05, 0.1) is 19.9 Å². The Bertz CT molecular complexity index is 724. The number of nitrogens with one attached hydrogen (secondary N) is 2. The van der Waals surface area contributed by atoms with Crippen molar-refractivity contribution in [3.63, 3.8) is 0 Å². The highest BCUT2D eigenvalue weighted by atomic mass is 79.9. The lowest BCUT2D eigenvalue weighted by Gasteiger charge is -2.21. The van der Waals surface area contributed by atoms with Gasteiger partial charge >= 0.3 is 0 Å². The standard InChI is InChI=1S/C19H25BrN2O4/c1-19(2,3)22-18(23)12-26-17-9-15(20)13(8-16(17)24-4)10-21-11-14-6-5-7-25-14/h5-9,21H,10-12H2,1-4H3,(H,22,23). The summed E-state index contributed by atoms with van der Waals surface area (Å²) >= 11 is 3.55. The second-order valence-corrected chi connectivity index (χ2v) is 7.72. The molecule has 0 atom stereocenters. The van der Waals surface area contributed by atoms with E-state index in [0.29, 0.717) is 24.6 Å². The maximum Gasteiger partial charge on any atom is 0.258 e. The lowest BCUT2D eigenvalue weighted by Crippen LogP contribution is -2.43. The van der Waals surface area contributed by atoms with E-state index >= 15 is 0 Å². The fraction of sp³-hybridized carbons (Fsp3) is 0.421. The minimum atomic E-state index is -0.297. The number of rotatable bonds is 8. The van der Waals surface area contributed by atoms with Gasteiger partial charge in [-0.3, -0.25) is 4.79 Å². The summed E-state index contributed by atoms with van der Waals surface area (Å²) in [5.74, 6) is 1.78. The third kappa shape index (κ3) is 6.38. The number of hydrogen-bond acceptors (Lipinski definition) is 5. The average Bonchev–Trinajstić information content (AvgIpc) is 3.06. The van der Waals surface area contributed by atoms with Crippen molar-refractivity contribution in [3.05, 3.63) is 46.3 Å². The molecule has 1 aromatic carbocycles. The van der Waals surface area contributed by atoms with Gasteiger partial charge in [0.25, 0.3) is 5.91 Å². The average molecular weight is 425 g/mol. The van der Waals surface area contributed by atoms with E-state index in [2.05, 4.69) is 26.6 Å². The van der Waals surface area contributed by atoms with Crippen molar-refractivity contribution in [1.82, 2.24) is 10.6 Å². The second kappa shape index (κ2) is 9.09. The number of amides is 1. The van der Waals surface area contributed by atoms with Crippen molar-refractivity contribution in [2.24, 2.45) is 0 Å². The zero-order valence-corrected chi connectivity index (χ0v) is 17.1. The predicted octanol–water partition coefficient (Wildman–Crippen LogP) is 3.63. The van der Waals surface area contributed by atoms with Crippen LogP contribution in [-0.4, -0.2) is 25.2 Å². The summed E-state index contributed by atoms with van der Waals surface area (Å²) < 4.78 is 17.2. The Morgan fingerprint density at radius 3 is 2.62 bits per heavy atom. The van der Waals surface area contributed by atoms with Gasteiger partial charge in [-0.2, -0.15) is 0 Å². The fourth-order valence-electron chi connectivity index (χ4n) is 2.32. The van der Waals surface area contributed by atoms with Gasteiger partial charge in [0.15, 0.2) is 18.1 Å². The van der Waals surface area contributed by atoms with E-state index in [1.54, 1.807) is 13.4 Å². The summed E-state index contributed by atoms with van der Waals surface area (Å²) in [5.41, 5.74) is 0.717. The maximum absolute atomic E-state index is 11.9. The number of furan rings is 1.